The molecule has 1 aliphatic carbocycles. The maximum absolute atomic E-state index is 6.57. The van der Waals surface area contributed by atoms with Gasteiger partial charge < -0.3 is 4.42 Å². The molecule has 4 heterocycles. The molecule has 1 aliphatic heterocycles. The second kappa shape index (κ2) is 6.52. The SMILES string of the molecule is Clc1c(-c2ncco2)nn2c1CN(Cc1cnc3c(c1)CCCC3)CC2. The number of oxazole rings is 1. The first-order valence-electron chi connectivity index (χ1n) is 9.12. The van der Waals surface area contributed by atoms with Gasteiger partial charge in [-0.3, -0.25) is 14.6 Å². The summed E-state index contributed by atoms with van der Waals surface area (Å²) < 4.78 is 7.34. The van der Waals surface area contributed by atoms with Crippen molar-refractivity contribution in [2.45, 2.75) is 45.3 Å². The highest BCUT2D eigenvalue weighted by atomic mass is 35.5. The second-order valence-electron chi connectivity index (χ2n) is 7.04. The summed E-state index contributed by atoms with van der Waals surface area (Å²) in [5.74, 6) is 0.474. The van der Waals surface area contributed by atoms with E-state index in [1.165, 1.54) is 29.7 Å². The highest BCUT2D eigenvalue weighted by Gasteiger charge is 2.26. The van der Waals surface area contributed by atoms with Gasteiger partial charge in [-0.15, -0.1) is 0 Å². The van der Waals surface area contributed by atoms with Gasteiger partial charge >= 0.3 is 0 Å². The minimum absolute atomic E-state index is 0.474. The molecule has 0 saturated heterocycles. The van der Waals surface area contributed by atoms with Crippen molar-refractivity contribution in [2.75, 3.05) is 6.54 Å². The van der Waals surface area contributed by atoms with E-state index in [0.717, 1.165) is 44.7 Å². The van der Waals surface area contributed by atoms with Gasteiger partial charge in [-0.05, 0) is 36.8 Å². The molecule has 0 bridgehead atoms. The van der Waals surface area contributed by atoms with Crippen LogP contribution in [0.1, 0.15) is 35.4 Å². The Hall–Kier alpha value is -2.18. The Kier molecular flexibility index (Phi) is 4.02. The zero-order chi connectivity index (χ0) is 17.5. The fourth-order valence-corrected chi connectivity index (χ4v) is 4.21. The predicted octanol–water partition coefficient (Wildman–Crippen LogP) is 3.48. The van der Waals surface area contributed by atoms with Crippen LogP contribution in [0.5, 0.6) is 0 Å². The first kappa shape index (κ1) is 16.0. The molecule has 7 heteroatoms. The minimum Gasteiger partial charge on any atom is -0.443 e. The van der Waals surface area contributed by atoms with Crippen molar-refractivity contribution in [2.24, 2.45) is 0 Å². The topological polar surface area (TPSA) is 60.0 Å². The number of hydrogen-bond acceptors (Lipinski definition) is 5. The number of aryl methyl sites for hydroxylation is 2. The molecular weight excluding hydrogens is 350 g/mol. The summed E-state index contributed by atoms with van der Waals surface area (Å²) in [7, 11) is 0. The lowest BCUT2D eigenvalue weighted by Gasteiger charge is -2.28. The molecular formula is C19H20ClN5O. The molecule has 0 spiro atoms. The third-order valence-corrected chi connectivity index (χ3v) is 5.66. The fraction of sp³-hybridized carbons (Fsp3) is 0.421. The van der Waals surface area contributed by atoms with Crippen molar-refractivity contribution in [3.63, 3.8) is 0 Å². The average Bonchev–Trinajstić information content (AvgIpc) is 3.30. The van der Waals surface area contributed by atoms with Gasteiger partial charge in [0.2, 0.25) is 5.89 Å². The van der Waals surface area contributed by atoms with Crippen LogP contribution < -0.4 is 0 Å². The Morgan fingerprint density at radius 3 is 2.96 bits per heavy atom. The smallest absolute Gasteiger partial charge is 0.248 e. The number of nitrogens with zero attached hydrogens (tertiary/aromatic N) is 5. The summed E-state index contributed by atoms with van der Waals surface area (Å²) in [6.45, 7) is 3.40. The van der Waals surface area contributed by atoms with Gasteiger partial charge in [0.15, 0.2) is 5.69 Å². The summed E-state index contributed by atoms with van der Waals surface area (Å²) in [4.78, 5) is 11.3. The largest absolute Gasteiger partial charge is 0.443 e. The van der Waals surface area contributed by atoms with E-state index in [-0.39, 0.29) is 0 Å². The van der Waals surface area contributed by atoms with Crippen molar-refractivity contribution >= 4 is 11.6 Å². The molecule has 0 aromatic carbocycles. The lowest BCUT2D eigenvalue weighted by Crippen LogP contribution is -2.33. The van der Waals surface area contributed by atoms with Gasteiger partial charge in [0.05, 0.1) is 23.5 Å². The maximum atomic E-state index is 6.57. The van der Waals surface area contributed by atoms with Gasteiger partial charge in [0.1, 0.15) is 6.26 Å². The van der Waals surface area contributed by atoms with E-state index in [2.05, 4.69) is 21.0 Å². The maximum Gasteiger partial charge on any atom is 0.248 e. The molecule has 0 N–H and O–H groups in total. The Morgan fingerprint density at radius 2 is 2.08 bits per heavy atom. The summed E-state index contributed by atoms with van der Waals surface area (Å²) >= 11 is 6.57. The fourth-order valence-electron chi connectivity index (χ4n) is 3.93. The van der Waals surface area contributed by atoms with Crippen molar-refractivity contribution in [3.8, 4) is 11.6 Å². The Labute approximate surface area is 156 Å². The molecule has 0 unspecified atom stereocenters. The van der Waals surface area contributed by atoms with Crippen LogP contribution in [-0.4, -0.2) is 31.2 Å². The van der Waals surface area contributed by atoms with Crippen molar-refractivity contribution in [3.05, 3.63) is 52.3 Å². The Morgan fingerprint density at radius 1 is 1.15 bits per heavy atom. The number of aromatic nitrogens is 4. The molecule has 6 nitrogen and oxygen atoms in total. The first-order chi connectivity index (χ1) is 12.8. The zero-order valence-corrected chi connectivity index (χ0v) is 15.2. The predicted molar refractivity (Wildman–Crippen MR) is 97.7 cm³/mol. The minimum atomic E-state index is 0.474. The zero-order valence-electron chi connectivity index (χ0n) is 14.5. The number of fused-ring (bicyclic) bond motifs is 2. The third-order valence-electron chi connectivity index (χ3n) is 5.26. The quantitative estimate of drug-likeness (QED) is 0.707. The first-order valence-corrected chi connectivity index (χ1v) is 9.50. The number of halogens is 1. The standard InChI is InChI=1S/C19H20ClN5O/c20-17-16-12-24(6-7-25(16)23-18(17)19-21-5-8-26-19)11-13-9-14-3-1-2-4-15(14)22-10-13/h5,8-10H,1-4,6-7,11-12H2. The van der Waals surface area contributed by atoms with Crippen molar-refractivity contribution < 1.29 is 4.42 Å². The molecule has 2 aliphatic rings. The third kappa shape index (κ3) is 2.83. The Balaban J connectivity index is 1.36. The van der Waals surface area contributed by atoms with Crippen LogP contribution in [0.15, 0.2) is 29.1 Å². The lowest BCUT2D eigenvalue weighted by molar-refractivity contribution is 0.205. The number of pyridine rings is 1. The summed E-state index contributed by atoms with van der Waals surface area (Å²) in [6, 6.07) is 2.34. The number of rotatable bonds is 3. The van der Waals surface area contributed by atoms with Crippen LogP contribution in [-0.2, 0) is 32.5 Å². The van der Waals surface area contributed by atoms with E-state index in [9.17, 15) is 0 Å². The molecule has 0 saturated carbocycles. The van der Waals surface area contributed by atoms with Crippen LogP contribution in [0.4, 0.5) is 0 Å². The van der Waals surface area contributed by atoms with E-state index in [4.69, 9.17) is 21.0 Å². The van der Waals surface area contributed by atoms with E-state index in [1.54, 1.807) is 12.5 Å². The normalized spacial score (nSPS) is 17.1. The van der Waals surface area contributed by atoms with Crippen LogP contribution in [0.2, 0.25) is 5.02 Å². The highest BCUT2D eigenvalue weighted by Crippen LogP contribution is 2.32. The van der Waals surface area contributed by atoms with Crippen molar-refractivity contribution in [1.82, 2.24) is 24.6 Å². The van der Waals surface area contributed by atoms with E-state index < -0.39 is 0 Å². The molecule has 0 amide bonds. The Bertz CT molecular complexity index is 934. The molecule has 0 fully saturated rings. The molecule has 0 atom stereocenters. The van der Waals surface area contributed by atoms with Gasteiger partial charge in [-0.2, -0.15) is 5.10 Å². The van der Waals surface area contributed by atoms with Gasteiger partial charge in [0, 0.05) is 31.5 Å². The molecule has 3 aromatic heterocycles. The van der Waals surface area contributed by atoms with E-state index in [0.29, 0.717) is 16.6 Å². The number of hydrogen-bond donors (Lipinski definition) is 0. The van der Waals surface area contributed by atoms with E-state index >= 15 is 0 Å². The molecule has 0 radical (unpaired) electrons. The van der Waals surface area contributed by atoms with Gasteiger partial charge in [-0.25, -0.2) is 4.98 Å². The molecule has 26 heavy (non-hydrogen) atoms. The summed E-state index contributed by atoms with van der Waals surface area (Å²) in [5.41, 5.74) is 5.65. The van der Waals surface area contributed by atoms with Gasteiger partial charge in [0.25, 0.3) is 0 Å². The second-order valence-corrected chi connectivity index (χ2v) is 7.41. The highest BCUT2D eigenvalue weighted by molar-refractivity contribution is 6.33. The van der Waals surface area contributed by atoms with Gasteiger partial charge in [-0.1, -0.05) is 17.7 Å². The van der Waals surface area contributed by atoms with E-state index in [1.807, 2.05) is 10.9 Å². The average molecular weight is 370 g/mol. The van der Waals surface area contributed by atoms with Crippen LogP contribution in [0.3, 0.4) is 0 Å². The van der Waals surface area contributed by atoms with Crippen LogP contribution in [0, 0.1) is 0 Å². The monoisotopic (exact) mass is 369 g/mol. The molecule has 5 rings (SSSR count). The summed E-state index contributed by atoms with van der Waals surface area (Å²) in [5, 5.41) is 5.22. The molecule has 134 valence electrons. The molecule has 3 aromatic rings. The van der Waals surface area contributed by atoms with Crippen LogP contribution >= 0.6 is 11.6 Å². The van der Waals surface area contributed by atoms with Crippen LogP contribution in [0.25, 0.3) is 11.6 Å². The lowest BCUT2D eigenvalue weighted by atomic mass is 9.95. The summed E-state index contributed by atoms with van der Waals surface area (Å²) in [6.07, 6.45) is 10.0. The van der Waals surface area contributed by atoms with Crippen molar-refractivity contribution in [1.29, 1.82) is 0 Å².